The fourth-order valence-electron chi connectivity index (χ4n) is 1.95. The SMILES string of the molecule is Cc1c(NC(=O)c2cc(F)ccc2N)cccc1C(N)=O. The maximum Gasteiger partial charge on any atom is 0.257 e. The van der Waals surface area contributed by atoms with Gasteiger partial charge in [-0.15, -0.1) is 0 Å². The van der Waals surface area contributed by atoms with Gasteiger partial charge in [-0.2, -0.15) is 0 Å². The van der Waals surface area contributed by atoms with E-state index in [1.807, 2.05) is 0 Å². The zero-order valence-corrected chi connectivity index (χ0v) is 11.3. The van der Waals surface area contributed by atoms with Crippen LogP contribution in [0.3, 0.4) is 0 Å². The number of anilines is 2. The Balaban J connectivity index is 2.34. The summed E-state index contributed by atoms with van der Waals surface area (Å²) in [6, 6.07) is 8.32. The smallest absolute Gasteiger partial charge is 0.257 e. The largest absolute Gasteiger partial charge is 0.398 e. The van der Waals surface area contributed by atoms with Crippen molar-refractivity contribution in [3.05, 3.63) is 58.9 Å². The quantitative estimate of drug-likeness (QED) is 0.753. The second-order valence-corrected chi connectivity index (χ2v) is 4.53. The number of carbonyl (C=O) groups is 2. The number of amides is 2. The molecule has 0 heterocycles. The van der Waals surface area contributed by atoms with Crippen molar-refractivity contribution in [2.24, 2.45) is 5.73 Å². The van der Waals surface area contributed by atoms with Crippen molar-refractivity contribution in [2.75, 3.05) is 11.1 Å². The van der Waals surface area contributed by atoms with Gasteiger partial charge in [0.05, 0.1) is 5.56 Å². The summed E-state index contributed by atoms with van der Waals surface area (Å²) in [4.78, 5) is 23.4. The molecule has 21 heavy (non-hydrogen) atoms. The molecule has 0 saturated carbocycles. The molecule has 2 aromatic carbocycles. The average Bonchev–Trinajstić information content (AvgIpc) is 2.43. The normalized spacial score (nSPS) is 10.2. The lowest BCUT2D eigenvalue weighted by atomic mass is 10.1. The highest BCUT2D eigenvalue weighted by Gasteiger charge is 2.14. The van der Waals surface area contributed by atoms with E-state index in [0.29, 0.717) is 16.8 Å². The maximum atomic E-state index is 13.2. The van der Waals surface area contributed by atoms with E-state index in [4.69, 9.17) is 11.5 Å². The maximum absolute atomic E-state index is 13.2. The molecule has 0 spiro atoms. The lowest BCUT2D eigenvalue weighted by molar-refractivity contribution is 0.0995. The summed E-state index contributed by atoms with van der Waals surface area (Å²) in [5, 5.41) is 2.60. The van der Waals surface area contributed by atoms with E-state index < -0.39 is 17.6 Å². The van der Waals surface area contributed by atoms with Gasteiger partial charge in [-0.3, -0.25) is 9.59 Å². The van der Waals surface area contributed by atoms with Crippen LogP contribution in [0.15, 0.2) is 36.4 Å². The van der Waals surface area contributed by atoms with Crippen LogP contribution in [0.5, 0.6) is 0 Å². The molecule has 0 atom stereocenters. The Morgan fingerprint density at radius 1 is 1.14 bits per heavy atom. The lowest BCUT2D eigenvalue weighted by Crippen LogP contribution is -2.17. The zero-order valence-electron chi connectivity index (χ0n) is 11.3. The molecule has 0 aliphatic carbocycles. The number of rotatable bonds is 3. The average molecular weight is 287 g/mol. The second-order valence-electron chi connectivity index (χ2n) is 4.53. The number of primary amides is 1. The predicted molar refractivity (Wildman–Crippen MR) is 78.5 cm³/mol. The van der Waals surface area contributed by atoms with Crippen LogP contribution in [0.4, 0.5) is 15.8 Å². The summed E-state index contributed by atoms with van der Waals surface area (Å²) in [5.74, 6) is -1.71. The number of nitrogens with one attached hydrogen (secondary N) is 1. The van der Waals surface area contributed by atoms with E-state index in [9.17, 15) is 14.0 Å². The van der Waals surface area contributed by atoms with E-state index in [1.165, 1.54) is 12.1 Å². The van der Waals surface area contributed by atoms with Crippen molar-refractivity contribution >= 4 is 23.2 Å². The highest BCUT2D eigenvalue weighted by atomic mass is 19.1. The number of benzene rings is 2. The molecule has 0 radical (unpaired) electrons. The van der Waals surface area contributed by atoms with Crippen molar-refractivity contribution < 1.29 is 14.0 Å². The van der Waals surface area contributed by atoms with Gasteiger partial charge >= 0.3 is 0 Å². The molecule has 5 N–H and O–H groups in total. The summed E-state index contributed by atoms with van der Waals surface area (Å²) in [7, 11) is 0. The van der Waals surface area contributed by atoms with Crippen LogP contribution in [0.25, 0.3) is 0 Å². The van der Waals surface area contributed by atoms with E-state index in [1.54, 1.807) is 25.1 Å². The molecule has 0 aliphatic rings. The minimum absolute atomic E-state index is 0.0267. The first-order valence-electron chi connectivity index (χ1n) is 6.16. The molecule has 0 bridgehead atoms. The minimum Gasteiger partial charge on any atom is -0.398 e. The fourth-order valence-corrected chi connectivity index (χ4v) is 1.95. The molecule has 2 rings (SSSR count). The molecule has 0 aliphatic heterocycles. The van der Waals surface area contributed by atoms with Crippen molar-refractivity contribution in [2.45, 2.75) is 6.92 Å². The summed E-state index contributed by atoms with van der Waals surface area (Å²) >= 11 is 0. The molecule has 5 nitrogen and oxygen atoms in total. The van der Waals surface area contributed by atoms with Gasteiger partial charge in [0.25, 0.3) is 5.91 Å². The lowest BCUT2D eigenvalue weighted by Gasteiger charge is -2.12. The number of carbonyl (C=O) groups excluding carboxylic acids is 2. The van der Waals surface area contributed by atoms with Crippen LogP contribution in [0, 0.1) is 12.7 Å². The molecule has 2 amide bonds. The van der Waals surface area contributed by atoms with Crippen LogP contribution >= 0.6 is 0 Å². The van der Waals surface area contributed by atoms with Gasteiger partial charge in [0.2, 0.25) is 5.91 Å². The van der Waals surface area contributed by atoms with E-state index in [0.717, 1.165) is 6.07 Å². The number of nitrogen functional groups attached to an aromatic ring is 1. The zero-order chi connectivity index (χ0) is 15.6. The first-order chi connectivity index (χ1) is 9.90. The Kier molecular flexibility index (Phi) is 3.89. The molecule has 2 aromatic rings. The van der Waals surface area contributed by atoms with Gasteiger partial charge < -0.3 is 16.8 Å². The third-order valence-corrected chi connectivity index (χ3v) is 3.11. The van der Waals surface area contributed by atoms with Crippen LogP contribution in [-0.2, 0) is 0 Å². The minimum atomic E-state index is -0.589. The monoisotopic (exact) mass is 287 g/mol. The molecular formula is C15H14FN3O2. The Hall–Kier alpha value is -2.89. The molecule has 0 aromatic heterocycles. The van der Waals surface area contributed by atoms with Gasteiger partial charge in [-0.25, -0.2) is 4.39 Å². The van der Waals surface area contributed by atoms with Crippen LogP contribution in [0.2, 0.25) is 0 Å². The summed E-state index contributed by atoms with van der Waals surface area (Å²) in [6.45, 7) is 1.66. The Morgan fingerprint density at radius 2 is 1.86 bits per heavy atom. The van der Waals surface area contributed by atoms with Crippen molar-refractivity contribution in [3.8, 4) is 0 Å². The summed E-state index contributed by atoms with van der Waals surface area (Å²) < 4.78 is 13.2. The Morgan fingerprint density at radius 3 is 2.52 bits per heavy atom. The third kappa shape index (κ3) is 3.00. The highest BCUT2D eigenvalue weighted by Crippen LogP contribution is 2.21. The number of nitrogens with two attached hydrogens (primary N) is 2. The van der Waals surface area contributed by atoms with Crippen LogP contribution in [0.1, 0.15) is 26.3 Å². The third-order valence-electron chi connectivity index (χ3n) is 3.11. The second kappa shape index (κ2) is 5.62. The van der Waals surface area contributed by atoms with Crippen LogP contribution in [-0.4, -0.2) is 11.8 Å². The Bertz CT molecular complexity index is 729. The Labute approximate surface area is 120 Å². The van der Waals surface area contributed by atoms with Crippen molar-refractivity contribution in [3.63, 3.8) is 0 Å². The molecule has 0 saturated heterocycles. The van der Waals surface area contributed by atoms with E-state index in [-0.39, 0.29) is 11.3 Å². The van der Waals surface area contributed by atoms with Crippen molar-refractivity contribution in [1.29, 1.82) is 0 Å². The van der Waals surface area contributed by atoms with Crippen molar-refractivity contribution in [1.82, 2.24) is 0 Å². The highest BCUT2D eigenvalue weighted by molar-refractivity contribution is 6.08. The predicted octanol–water partition coefficient (Wildman–Crippen LogP) is 2.07. The first-order valence-corrected chi connectivity index (χ1v) is 6.16. The molecular weight excluding hydrogens is 273 g/mol. The van der Waals surface area contributed by atoms with E-state index in [2.05, 4.69) is 5.32 Å². The number of halogens is 1. The molecule has 6 heteroatoms. The molecule has 0 unspecified atom stereocenters. The standard InChI is InChI=1S/C15H14FN3O2/c1-8-10(14(18)20)3-2-4-13(8)19-15(21)11-7-9(16)5-6-12(11)17/h2-7H,17H2,1H3,(H2,18,20)(H,19,21). The van der Waals surface area contributed by atoms with Gasteiger partial charge in [0.1, 0.15) is 5.82 Å². The summed E-state index contributed by atoms with van der Waals surface area (Å²) in [6.07, 6.45) is 0. The van der Waals surface area contributed by atoms with Gasteiger partial charge in [0.15, 0.2) is 0 Å². The first kappa shape index (κ1) is 14.5. The van der Waals surface area contributed by atoms with Gasteiger partial charge in [-0.05, 0) is 42.8 Å². The summed E-state index contributed by atoms with van der Waals surface area (Å²) in [5.41, 5.74) is 12.4. The van der Waals surface area contributed by atoms with Gasteiger partial charge in [0, 0.05) is 16.9 Å². The fraction of sp³-hybridized carbons (Fsp3) is 0.0667. The topological polar surface area (TPSA) is 98.2 Å². The van der Waals surface area contributed by atoms with E-state index >= 15 is 0 Å². The number of hydrogen-bond donors (Lipinski definition) is 3. The molecule has 0 fully saturated rings. The molecule has 108 valence electrons. The van der Waals surface area contributed by atoms with Crippen LogP contribution < -0.4 is 16.8 Å². The number of hydrogen-bond acceptors (Lipinski definition) is 3. The van der Waals surface area contributed by atoms with Gasteiger partial charge in [-0.1, -0.05) is 6.07 Å².